The first kappa shape index (κ1) is 17.5. The highest BCUT2D eigenvalue weighted by atomic mass is 127. The number of rotatable bonds is 3. The Morgan fingerprint density at radius 1 is 0.963 bits per heavy atom. The highest BCUT2D eigenvalue weighted by Crippen LogP contribution is 2.35. The molecule has 0 saturated carbocycles. The van der Waals surface area contributed by atoms with Crippen LogP contribution in [0.5, 0.6) is 17.2 Å². The fourth-order valence-corrected chi connectivity index (χ4v) is 3.60. The Morgan fingerprint density at radius 2 is 1.67 bits per heavy atom. The third kappa shape index (κ3) is 3.28. The second-order valence-corrected chi connectivity index (χ2v) is 6.93. The number of aromatic nitrogens is 1. The Morgan fingerprint density at radius 3 is 2.44 bits per heavy atom. The molecule has 4 rings (SSSR count). The van der Waals surface area contributed by atoms with Crippen molar-refractivity contribution in [1.29, 1.82) is 0 Å². The molecule has 0 aliphatic heterocycles. The molecule has 4 aromatic rings. The summed E-state index contributed by atoms with van der Waals surface area (Å²) in [5, 5.41) is 13.8. The van der Waals surface area contributed by atoms with E-state index < -0.39 is 5.97 Å². The van der Waals surface area contributed by atoms with Crippen LogP contribution in [0.25, 0.3) is 21.5 Å². The van der Waals surface area contributed by atoms with E-state index in [4.69, 9.17) is 4.74 Å². The average Bonchev–Trinajstić information content (AvgIpc) is 2.70. The molecule has 27 heavy (non-hydrogen) atoms. The third-order valence-corrected chi connectivity index (χ3v) is 5.06. The van der Waals surface area contributed by atoms with Crippen molar-refractivity contribution in [3.63, 3.8) is 0 Å². The smallest absolute Gasteiger partial charge is 0.360 e. The molecule has 0 aliphatic carbocycles. The molecule has 0 fully saturated rings. The normalized spacial score (nSPS) is 10.9. The number of benzene rings is 3. The quantitative estimate of drug-likeness (QED) is 0.250. The number of pyridine rings is 1. The van der Waals surface area contributed by atoms with Gasteiger partial charge in [0, 0.05) is 10.8 Å². The van der Waals surface area contributed by atoms with Gasteiger partial charge < -0.3 is 14.6 Å². The summed E-state index contributed by atoms with van der Waals surface area (Å²) in [5.74, 6) is 0.451. The first-order valence-corrected chi connectivity index (χ1v) is 9.22. The van der Waals surface area contributed by atoms with Crippen molar-refractivity contribution in [2.45, 2.75) is 0 Å². The number of hydrogen-bond acceptors (Lipinski definition) is 5. The molecule has 0 saturated heterocycles. The summed E-state index contributed by atoms with van der Waals surface area (Å²) in [5.41, 5.74) is -0.0994. The van der Waals surface area contributed by atoms with E-state index in [2.05, 4.69) is 9.72 Å². The molecular weight excluding hydrogens is 457 g/mol. The van der Waals surface area contributed by atoms with E-state index in [1.165, 1.54) is 7.11 Å². The molecule has 1 aromatic heterocycles. The second-order valence-electron chi connectivity index (χ2n) is 5.91. The molecule has 0 radical (unpaired) electrons. The minimum atomic E-state index is -0.677. The molecule has 6 heteroatoms. The Bertz CT molecular complexity index is 1190. The van der Waals surface area contributed by atoms with Gasteiger partial charge in [0.05, 0.1) is 7.11 Å². The van der Waals surface area contributed by atoms with Gasteiger partial charge in [-0.25, -0.2) is 9.78 Å². The van der Waals surface area contributed by atoms with Gasteiger partial charge in [-0.2, -0.15) is 0 Å². The monoisotopic (exact) mass is 471 g/mol. The summed E-state index contributed by atoms with van der Waals surface area (Å²) in [6.45, 7) is 0. The molecule has 0 spiro atoms. The molecule has 1 heterocycles. The number of ether oxygens (including phenoxy) is 2. The molecular formula is C21H14INO4. The highest BCUT2D eigenvalue weighted by Gasteiger charge is 2.19. The lowest BCUT2D eigenvalue weighted by atomic mass is 10.1. The fraction of sp³-hybridized carbons (Fsp3) is 0.0476. The summed E-state index contributed by atoms with van der Waals surface area (Å²) in [7, 11) is 1.25. The summed E-state index contributed by atoms with van der Waals surface area (Å²) < 4.78 is 11.2. The van der Waals surface area contributed by atoms with E-state index in [0.29, 0.717) is 26.0 Å². The summed E-state index contributed by atoms with van der Waals surface area (Å²) in [6.07, 6.45) is 0. The third-order valence-electron chi connectivity index (χ3n) is 4.24. The number of esters is 1. The van der Waals surface area contributed by atoms with Crippen LogP contribution in [-0.2, 0) is 4.74 Å². The number of hydrogen-bond donors (Lipinski definition) is 1. The molecule has 5 nitrogen and oxygen atoms in total. The second kappa shape index (κ2) is 7.03. The lowest BCUT2D eigenvalue weighted by Crippen LogP contribution is -2.06. The maximum Gasteiger partial charge on any atom is 0.360 e. The number of carbonyl (C=O) groups is 1. The first-order chi connectivity index (χ1) is 13.1. The van der Waals surface area contributed by atoms with Gasteiger partial charge in [-0.1, -0.05) is 30.3 Å². The van der Waals surface area contributed by atoms with Crippen molar-refractivity contribution in [3.8, 4) is 17.2 Å². The number of carbonyl (C=O) groups excluding carboxylic acids is 1. The fourth-order valence-electron chi connectivity index (χ4n) is 2.91. The van der Waals surface area contributed by atoms with Crippen LogP contribution in [-0.4, -0.2) is 23.2 Å². The highest BCUT2D eigenvalue weighted by molar-refractivity contribution is 14.1. The number of nitrogens with zero attached hydrogens (tertiary/aromatic N) is 1. The molecule has 0 atom stereocenters. The van der Waals surface area contributed by atoms with Crippen LogP contribution in [0.3, 0.4) is 0 Å². The topological polar surface area (TPSA) is 68.7 Å². The van der Waals surface area contributed by atoms with Crippen molar-refractivity contribution >= 4 is 50.1 Å². The zero-order valence-corrected chi connectivity index (χ0v) is 16.4. The van der Waals surface area contributed by atoms with Gasteiger partial charge in [0.25, 0.3) is 0 Å². The van der Waals surface area contributed by atoms with Gasteiger partial charge in [-0.05, 0) is 63.7 Å². The van der Waals surface area contributed by atoms with E-state index in [0.717, 1.165) is 10.8 Å². The van der Waals surface area contributed by atoms with E-state index in [1.54, 1.807) is 18.2 Å². The molecule has 3 aromatic carbocycles. The number of aromatic hydroxyl groups is 1. The van der Waals surface area contributed by atoms with Crippen molar-refractivity contribution in [3.05, 3.63) is 70.1 Å². The van der Waals surface area contributed by atoms with Crippen LogP contribution in [0.2, 0.25) is 0 Å². The van der Waals surface area contributed by atoms with E-state index >= 15 is 0 Å². The first-order valence-electron chi connectivity index (χ1n) is 8.14. The molecule has 0 unspecified atom stereocenters. The summed E-state index contributed by atoms with van der Waals surface area (Å²) in [6, 6.07) is 19.2. The Balaban J connectivity index is 1.74. The predicted molar refractivity (Wildman–Crippen MR) is 111 cm³/mol. The Hall–Kier alpha value is -2.87. The van der Waals surface area contributed by atoms with Gasteiger partial charge in [0.15, 0.2) is 11.4 Å². The lowest BCUT2D eigenvalue weighted by Gasteiger charge is -2.11. The lowest BCUT2D eigenvalue weighted by molar-refractivity contribution is 0.0590. The molecule has 134 valence electrons. The standard InChI is InChI=1S/C21H14INO4/c1-26-21(25)18-19(24)16-9-8-15(11-17(16)20(22)23-18)27-14-7-6-12-4-2-3-5-13(12)10-14/h2-11,24H,1H3. The van der Waals surface area contributed by atoms with Crippen LogP contribution in [0.4, 0.5) is 0 Å². The van der Waals surface area contributed by atoms with Crippen LogP contribution in [0.15, 0.2) is 60.7 Å². The van der Waals surface area contributed by atoms with E-state index in [1.807, 2.05) is 65.1 Å². The molecule has 1 N–H and O–H groups in total. The Labute approximate surface area is 168 Å². The maximum absolute atomic E-state index is 11.8. The van der Waals surface area contributed by atoms with Gasteiger partial charge in [0.2, 0.25) is 0 Å². The molecule has 0 aliphatic rings. The van der Waals surface area contributed by atoms with Crippen molar-refractivity contribution < 1.29 is 19.4 Å². The van der Waals surface area contributed by atoms with Crippen molar-refractivity contribution in [1.82, 2.24) is 4.98 Å². The maximum atomic E-state index is 11.8. The molecule has 0 amide bonds. The van der Waals surface area contributed by atoms with Gasteiger partial charge in [0.1, 0.15) is 15.2 Å². The Kier molecular flexibility index (Phi) is 4.57. The van der Waals surface area contributed by atoms with Crippen molar-refractivity contribution in [2.75, 3.05) is 7.11 Å². The van der Waals surface area contributed by atoms with Gasteiger partial charge in [-0.3, -0.25) is 0 Å². The van der Waals surface area contributed by atoms with Gasteiger partial charge in [-0.15, -0.1) is 0 Å². The zero-order valence-electron chi connectivity index (χ0n) is 14.3. The van der Waals surface area contributed by atoms with Gasteiger partial charge >= 0.3 is 5.97 Å². The number of methoxy groups -OCH3 is 1. The van der Waals surface area contributed by atoms with Crippen molar-refractivity contribution in [2.24, 2.45) is 0 Å². The number of fused-ring (bicyclic) bond motifs is 2. The van der Waals surface area contributed by atoms with E-state index in [9.17, 15) is 9.90 Å². The predicted octanol–water partition coefficient (Wildman–Crippen LogP) is 5.28. The molecule has 0 bridgehead atoms. The average molecular weight is 471 g/mol. The van der Waals surface area contributed by atoms with Crippen LogP contribution in [0, 0.1) is 3.70 Å². The summed E-state index contributed by atoms with van der Waals surface area (Å²) in [4.78, 5) is 15.9. The van der Waals surface area contributed by atoms with Crippen LogP contribution >= 0.6 is 22.6 Å². The van der Waals surface area contributed by atoms with Crippen LogP contribution in [0.1, 0.15) is 10.5 Å². The number of halogens is 1. The summed E-state index contributed by atoms with van der Waals surface area (Å²) >= 11 is 2.02. The largest absolute Gasteiger partial charge is 0.505 e. The van der Waals surface area contributed by atoms with Crippen LogP contribution < -0.4 is 4.74 Å². The minimum absolute atomic E-state index is 0.0994. The SMILES string of the molecule is COC(=O)c1nc(I)c2cc(Oc3ccc4ccccc4c3)ccc2c1O. The van der Waals surface area contributed by atoms with E-state index in [-0.39, 0.29) is 11.4 Å². The minimum Gasteiger partial charge on any atom is -0.505 e. The zero-order chi connectivity index (χ0) is 19.0.